The summed E-state index contributed by atoms with van der Waals surface area (Å²) in [5.41, 5.74) is 0.694. The summed E-state index contributed by atoms with van der Waals surface area (Å²) in [5, 5.41) is 19.2. The second-order valence-electron chi connectivity index (χ2n) is 9.66. The van der Waals surface area contributed by atoms with Crippen molar-refractivity contribution in [3.05, 3.63) is 61.9 Å². The van der Waals surface area contributed by atoms with Gasteiger partial charge in [-0.3, -0.25) is 24.3 Å². The highest BCUT2D eigenvalue weighted by atomic mass is 35.5. The molecule has 2 aliphatic rings. The van der Waals surface area contributed by atoms with Gasteiger partial charge in [0.25, 0.3) is 11.8 Å². The number of hydrogen-bond donors (Lipinski definition) is 5. The zero-order chi connectivity index (χ0) is 35.6. The maximum absolute atomic E-state index is 14.4. The van der Waals surface area contributed by atoms with Gasteiger partial charge in [-0.2, -0.15) is 0 Å². The number of terminal acetylenes is 1. The molecular weight excluding hydrogens is 709 g/mol. The lowest BCUT2D eigenvalue weighted by molar-refractivity contribution is -0.136. The molecule has 1 atom stereocenters. The number of halogens is 4. The summed E-state index contributed by atoms with van der Waals surface area (Å²) in [7, 11) is -2.76. The third kappa shape index (κ3) is 10.9. The van der Waals surface area contributed by atoms with Crippen LogP contribution in [0.3, 0.4) is 0 Å². The summed E-state index contributed by atoms with van der Waals surface area (Å²) < 4.78 is 34.7. The number of carboxylic acid groups (broad SMARTS) is 2. The number of hydrogen-bond acceptors (Lipinski definition) is 8. The Morgan fingerprint density at radius 2 is 1.62 bits per heavy atom. The molecule has 1 unspecified atom stereocenters. The Balaban J connectivity index is 0.000000281. The maximum Gasteiger partial charge on any atom is 0.341 e. The molecule has 1 aliphatic carbocycles. The number of aliphatic carboxylic acids is 1. The van der Waals surface area contributed by atoms with Crippen LogP contribution in [0.4, 0.5) is 10.1 Å². The number of imide groups is 1. The fourth-order valence-electron chi connectivity index (χ4n) is 4.20. The summed E-state index contributed by atoms with van der Waals surface area (Å²) in [6.45, 7) is 1.19. The number of carbonyl (C=O) groups is 4. The van der Waals surface area contributed by atoms with E-state index in [4.69, 9.17) is 70.7 Å². The van der Waals surface area contributed by atoms with E-state index in [1.165, 1.54) is 25.3 Å². The van der Waals surface area contributed by atoms with Crippen molar-refractivity contribution in [2.24, 2.45) is 0 Å². The first kappa shape index (κ1) is 39.5. The van der Waals surface area contributed by atoms with Crippen LogP contribution in [-0.2, 0) is 18.9 Å². The second-order valence-corrected chi connectivity index (χ2v) is 12.5. The largest absolute Gasteiger partial charge is 0.494 e. The third-order valence-corrected chi connectivity index (χ3v) is 7.79. The number of carboxylic acids is 2. The molecule has 47 heavy (non-hydrogen) atoms. The van der Waals surface area contributed by atoms with Crippen LogP contribution in [0.5, 0.6) is 11.5 Å². The van der Waals surface area contributed by atoms with Crippen molar-refractivity contribution in [1.29, 1.82) is 0 Å². The average Bonchev–Trinajstić information content (AvgIpc) is 3.24. The lowest BCUT2D eigenvalue weighted by atomic mass is 9.93. The Morgan fingerprint density at radius 1 is 1.06 bits per heavy atom. The summed E-state index contributed by atoms with van der Waals surface area (Å²) in [4.78, 5) is 62.8. The summed E-state index contributed by atoms with van der Waals surface area (Å²) in [6, 6.07) is 5.16. The Kier molecular flexibility index (Phi) is 14.7. The maximum atomic E-state index is 14.4. The van der Waals surface area contributed by atoms with Gasteiger partial charge in [-0.25, -0.2) is 14.1 Å². The highest BCUT2D eigenvalue weighted by molar-refractivity contribution is 7.51. The monoisotopic (exact) mass is 736 g/mol. The van der Waals surface area contributed by atoms with Gasteiger partial charge in [-0.1, -0.05) is 40.7 Å². The topological polar surface area (TPSA) is 200 Å². The Labute approximate surface area is 283 Å². The summed E-state index contributed by atoms with van der Waals surface area (Å²) in [5.74, 6) is -1.42. The molecule has 18 heteroatoms. The van der Waals surface area contributed by atoms with E-state index in [0.29, 0.717) is 24.0 Å². The highest BCUT2D eigenvalue weighted by Gasteiger charge is 2.41. The standard InChI is InChI=1S/C18H15ClFNO3.C8H6Cl2O3.C3H8NO5P/c1-3-10(2)24-16-9-15(14(20)8-13(16)19)21-17(22)11-6-4-5-7-12(11)18(21)23;1-13-7-5(10)3-2-4(9)6(7)8(11)12;5-3(6)1-4-2-10(7,8)9/h1,8-10H,4-7H2,2H3;2-3H,1H3,(H,11,12);4H,1-2H2,(H,5,6)(H2,7,8,9). The molecule has 254 valence electrons. The van der Waals surface area contributed by atoms with Crippen molar-refractivity contribution in [1.82, 2.24) is 5.32 Å². The van der Waals surface area contributed by atoms with Gasteiger partial charge >= 0.3 is 19.5 Å². The number of carbonyl (C=O) groups excluding carboxylic acids is 2. The van der Waals surface area contributed by atoms with Crippen LogP contribution in [0.2, 0.25) is 15.1 Å². The smallest absolute Gasteiger partial charge is 0.341 e. The number of rotatable bonds is 9. The van der Waals surface area contributed by atoms with Gasteiger partial charge in [0.05, 0.1) is 40.7 Å². The molecule has 0 aromatic heterocycles. The number of anilines is 1. The molecular formula is C29H29Cl3FN2O11P. The lowest BCUT2D eigenvalue weighted by Crippen LogP contribution is -2.32. The Morgan fingerprint density at radius 3 is 2.06 bits per heavy atom. The molecule has 1 aliphatic heterocycles. The van der Waals surface area contributed by atoms with E-state index >= 15 is 0 Å². The van der Waals surface area contributed by atoms with E-state index in [-0.39, 0.29) is 37.8 Å². The minimum absolute atomic E-state index is 0.0233. The molecule has 0 bridgehead atoms. The average molecular weight is 738 g/mol. The molecule has 2 aromatic rings. The molecule has 0 saturated carbocycles. The van der Waals surface area contributed by atoms with E-state index in [1.54, 1.807) is 6.92 Å². The van der Waals surface area contributed by atoms with Crippen molar-refractivity contribution < 1.29 is 57.6 Å². The summed E-state index contributed by atoms with van der Waals surface area (Å²) in [6.07, 6.45) is 6.87. The number of benzene rings is 2. The minimum atomic E-state index is -4.10. The van der Waals surface area contributed by atoms with Gasteiger partial charge in [0.2, 0.25) is 0 Å². The highest BCUT2D eigenvalue weighted by Crippen LogP contribution is 2.40. The van der Waals surface area contributed by atoms with E-state index in [1.807, 2.05) is 0 Å². The minimum Gasteiger partial charge on any atom is -0.494 e. The van der Waals surface area contributed by atoms with Gasteiger partial charge in [0.15, 0.2) is 11.9 Å². The molecule has 2 aromatic carbocycles. The van der Waals surface area contributed by atoms with Crippen molar-refractivity contribution in [2.45, 2.75) is 38.7 Å². The van der Waals surface area contributed by atoms with E-state index in [0.717, 1.165) is 23.8 Å². The van der Waals surface area contributed by atoms with Gasteiger partial charge in [0, 0.05) is 17.2 Å². The predicted molar refractivity (Wildman–Crippen MR) is 171 cm³/mol. The molecule has 1 heterocycles. The SMILES string of the molecule is C#CC(C)Oc1cc(N2C(=O)C3=C(CCCC3)C2=O)c(F)cc1Cl.COc1c(Cl)ccc(Cl)c1C(=O)O.O=C(O)CNCP(=O)(O)O. The van der Waals surface area contributed by atoms with Crippen molar-refractivity contribution in [2.75, 3.05) is 24.8 Å². The van der Waals surface area contributed by atoms with Crippen LogP contribution >= 0.6 is 42.4 Å². The van der Waals surface area contributed by atoms with Crippen LogP contribution in [0.1, 0.15) is 43.0 Å². The van der Waals surface area contributed by atoms with Crippen LogP contribution in [0.15, 0.2) is 35.4 Å². The number of methoxy groups -OCH3 is 1. The van der Waals surface area contributed by atoms with Gasteiger partial charge in [0.1, 0.15) is 17.1 Å². The second kappa shape index (κ2) is 17.5. The number of amides is 2. The zero-order valence-corrected chi connectivity index (χ0v) is 27.9. The van der Waals surface area contributed by atoms with E-state index < -0.39 is 56.1 Å². The van der Waals surface area contributed by atoms with Crippen molar-refractivity contribution in [3.8, 4) is 23.8 Å². The quantitative estimate of drug-likeness (QED) is 0.130. The van der Waals surface area contributed by atoms with Gasteiger partial charge in [-0.05, 0) is 50.8 Å². The first-order valence-electron chi connectivity index (χ1n) is 13.4. The van der Waals surface area contributed by atoms with Crippen LogP contribution in [0.25, 0.3) is 0 Å². The molecule has 0 saturated heterocycles. The van der Waals surface area contributed by atoms with Gasteiger partial charge < -0.3 is 29.5 Å². The number of aromatic carboxylic acids is 1. The Hall–Kier alpha value is -3.67. The van der Waals surface area contributed by atoms with Crippen LogP contribution in [-0.4, -0.2) is 69.8 Å². The molecule has 0 radical (unpaired) electrons. The van der Waals surface area contributed by atoms with E-state index in [2.05, 4.69) is 11.2 Å². The fourth-order valence-corrected chi connectivity index (χ4v) is 5.27. The van der Waals surface area contributed by atoms with Crippen LogP contribution in [0, 0.1) is 18.2 Å². The number of nitrogens with one attached hydrogen (secondary N) is 1. The van der Waals surface area contributed by atoms with E-state index in [9.17, 15) is 28.1 Å². The van der Waals surface area contributed by atoms with Crippen molar-refractivity contribution in [3.63, 3.8) is 0 Å². The first-order chi connectivity index (χ1) is 21.9. The predicted octanol–water partition coefficient (Wildman–Crippen LogP) is 5.12. The third-order valence-electron chi connectivity index (χ3n) is 6.24. The molecule has 4 rings (SSSR count). The molecule has 5 N–H and O–H groups in total. The zero-order valence-electron chi connectivity index (χ0n) is 24.8. The van der Waals surface area contributed by atoms with Gasteiger partial charge in [-0.15, -0.1) is 6.42 Å². The Bertz CT molecular complexity index is 1650. The summed E-state index contributed by atoms with van der Waals surface area (Å²) >= 11 is 17.3. The van der Waals surface area contributed by atoms with Crippen LogP contribution < -0.4 is 19.7 Å². The fraction of sp³-hybridized carbons (Fsp3) is 0.310. The number of nitrogens with zero attached hydrogens (tertiary/aromatic N) is 1. The molecule has 0 spiro atoms. The molecule has 13 nitrogen and oxygen atoms in total. The molecule has 2 amide bonds. The lowest BCUT2D eigenvalue weighted by Gasteiger charge is -2.19. The number of ether oxygens (including phenoxy) is 2. The normalized spacial score (nSPS) is 14.6. The molecule has 0 fully saturated rings. The first-order valence-corrected chi connectivity index (χ1v) is 16.3. The van der Waals surface area contributed by atoms with Crippen molar-refractivity contribution >= 4 is 71.8 Å².